The van der Waals surface area contributed by atoms with Gasteiger partial charge >= 0.3 is 0 Å². The van der Waals surface area contributed by atoms with E-state index >= 15 is 0 Å². The van der Waals surface area contributed by atoms with Crippen LogP contribution in [0.25, 0.3) is 16.9 Å². The molecule has 0 unspecified atom stereocenters. The Bertz CT molecular complexity index is 665. The van der Waals surface area contributed by atoms with Gasteiger partial charge in [-0.15, -0.1) is 0 Å². The lowest BCUT2D eigenvalue weighted by molar-refractivity contribution is 0.322. The molecule has 3 aromatic rings. The zero-order chi connectivity index (χ0) is 12.4. The fourth-order valence-electron chi connectivity index (χ4n) is 1.88. The second kappa shape index (κ2) is 4.33. The largest absolute Gasteiger partial charge is 0.411 e. The van der Waals surface area contributed by atoms with E-state index in [0.29, 0.717) is 0 Å². The number of oxime groups is 1. The van der Waals surface area contributed by atoms with Gasteiger partial charge in [-0.3, -0.25) is 0 Å². The Hall–Kier alpha value is -2.62. The molecule has 0 aliphatic carbocycles. The highest BCUT2D eigenvalue weighted by molar-refractivity contribution is 5.80. The highest BCUT2D eigenvalue weighted by Crippen LogP contribution is 2.19. The number of hydrogen-bond donors (Lipinski definition) is 1. The van der Waals surface area contributed by atoms with E-state index < -0.39 is 0 Å². The monoisotopic (exact) mass is 237 g/mol. The first kappa shape index (κ1) is 10.5. The van der Waals surface area contributed by atoms with Crippen LogP contribution >= 0.6 is 0 Å². The van der Waals surface area contributed by atoms with Gasteiger partial charge in [-0.25, -0.2) is 4.98 Å². The molecule has 0 saturated heterocycles. The van der Waals surface area contributed by atoms with E-state index in [4.69, 9.17) is 5.21 Å². The predicted octanol–water partition coefficient (Wildman–Crippen LogP) is 2.81. The van der Waals surface area contributed by atoms with Crippen LogP contribution in [0.3, 0.4) is 0 Å². The maximum Gasteiger partial charge on any atom is 0.137 e. The van der Waals surface area contributed by atoms with Crippen molar-refractivity contribution in [3.05, 3.63) is 60.4 Å². The third kappa shape index (κ3) is 1.84. The van der Waals surface area contributed by atoms with Crippen molar-refractivity contribution in [2.75, 3.05) is 0 Å². The van der Waals surface area contributed by atoms with Crippen LogP contribution in [0, 0.1) is 0 Å². The Morgan fingerprint density at radius 2 is 1.94 bits per heavy atom. The summed E-state index contributed by atoms with van der Waals surface area (Å²) < 4.78 is 1.98. The van der Waals surface area contributed by atoms with Gasteiger partial charge in [-0.05, 0) is 17.7 Å². The van der Waals surface area contributed by atoms with E-state index in [0.717, 1.165) is 22.5 Å². The van der Waals surface area contributed by atoms with Crippen molar-refractivity contribution >= 4 is 11.9 Å². The van der Waals surface area contributed by atoms with Gasteiger partial charge in [0.05, 0.1) is 11.9 Å². The number of hydrogen-bond acceptors (Lipinski definition) is 3. The summed E-state index contributed by atoms with van der Waals surface area (Å²) in [6.45, 7) is 0. The van der Waals surface area contributed by atoms with E-state index in [1.807, 2.05) is 59.3 Å². The van der Waals surface area contributed by atoms with Gasteiger partial charge in [-0.1, -0.05) is 35.5 Å². The van der Waals surface area contributed by atoms with E-state index in [9.17, 15) is 0 Å². The van der Waals surface area contributed by atoms with E-state index in [2.05, 4.69) is 10.1 Å². The number of imidazole rings is 1. The summed E-state index contributed by atoms with van der Waals surface area (Å²) in [6.07, 6.45) is 5.36. The molecule has 88 valence electrons. The lowest BCUT2D eigenvalue weighted by atomic mass is 10.1. The van der Waals surface area contributed by atoms with Gasteiger partial charge < -0.3 is 9.61 Å². The predicted molar refractivity (Wildman–Crippen MR) is 70.0 cm³/mol. The zero-order valence-electron chi connectivity index (χ0n) is 9.56. The lowest BCUT2D eigenvalue weighted by Gasteiger charge is -1.96. The van der Waals surface area contributed by atoms with Gasteiger partial charge in [0.1, 0.15) is 5.65 Å². The molecule has 0 radical (unpaired) electrons. The molecule has 2 aromatic heterocycles. The van der Waals surface area contributed by atoms with Crippen molar-refractivity contribution in [3.8, 4) is 11.3 Å². The second-order valence-corrected chi connectivity index (χ2v) is 3.96. The van der Waals surface area contributed by atoms with Crippen LogP contribution in [-0.4, -0.2) is 20.8 Å². The standard InChI is InChI=1S/C14H11N3O/c18-15-9-11-4-6-12(7-5-11)13-10-17-8-2-1-3-14(17)16-13/h1-10,18H/b15-9+. The van der Waals surface area contributed by atoms with Crippen molar-refractivity contribution in [1.29, 1.82) is 0 Å². The van der Waals surface area contributed by atoms with E-state index in [1.54, 1.807) is 0 Å². The zero-order valence-corrected chi connectivity index (χ0v) is 9.56. The highest BCUT2D eigenvalue weighted by Gasteiger charge is 2.03. The topological polar surface area (TPSA) is 49.9 Å². The summed E-state index contributed by atoms with van der Waals surface area (Å²) in [5.74, 6) is 0. The van der Waals surface area contributed by atoms with Gasteiger partial charge in [-0.2, -0.15) is 0 Å². The number of pyridine rings is 1. The normalized spacial score (nSPS) is 11.3. The van der Waals surface area contributed by atoms with Gasteiger partial charge in [0, 0.05) is 18.0 Å². The van der Waals surface area contributed by atoms with Crippen LogP contribution < -0.4 is 0 Å². The minimum atomic E-state index is 0.852. The summed E-state index contributed by atoms with van der Waals surface area (Å²) in [4.78, 5) is 4.54. The van der Waals surface area contributed by atoms with Crippen LogP contribution in [0.5, 0.6) is 0 Å². The molecule has 0 fully saturated rings. The third-order valence-corrected chi connectivity index (χ3v) is 2.78. The van der Waals surface area contributed by atoms with Gasteiger partial charge in [0.15, 0.2) is 0 Å². The molecule has 0 atom stereocenters. The SMILES string of the molecule is O/N=C/c1ccc(-c2cn3ccccc3n2)cc1. The minimum Gasteiger partial charge on any atom is -0.411 e. The Kier molecular flexibility index (Phi) is 2.53. The summed E-state index contributed by atoms with van der Waals surface area (Å²) in [7, 11) is 0. The molecule has 0 aliphatic heterocycles. The summed E-state index contributed by atoms with van der Waals surface area (Å²) >= 11 is 0. The van der Waals surface area contributed by atoms with Crippen molar-refractivity contribution in [1.82, 2.24) is 9.38 Å². The first-order valence-corrected chi connectivity index (χ1v) is 5.58. The lowest BCUT2D eigenvalue weighted by Crippen LogP contribution is -1.82. The number of nitrogens with zero attached hydrogens (tertiary/aromatic N) is 3. The average molecular weight is 237 g/mol. The Morgan fingerprint density at radius 1 is 1.11 bits per heavy atom. The number of aromatic nitrogens is 2. The van der Waals surface area contributed by atoms with Crippen molar-refractivity contribution < 1.29 is 5.21 Å². The Labute approximate surface area is 104 Å². The van der Waals surface area contributed by atoms with Gasteiger partial charge in [0.2, 0.25) is 0 Å². The highest BCUT2D eigenvalue weighted by atomic mass is 16.4. The molecule has 4 heteroatoms. The Balaban J connectivity index is 2.03. The molecular weight excluding hydrogens is 226 g/mol. The van der Waals surface area contributed by atoms with Crippen LogP contribution in [0.4, 0.5) is 0 Å². The molecule has 3 rings (SSSR count). The van der Waals surface area contributed by atoms with Crippen LogP contribution in [0.2, 0.25) is 0 Å². The molecule has 0 aliphatic rings. The van der Waals surface area contributed by atoms with Crippen LogP contribution in [0.1, 0.15) is 5.56 Å². The van der Waals surface area contributed by atoms with Crippen molar-refractivity contribution in [2.45, 2.75) is 0 Å². The third-order valence-electron chi connectivity index (χ3n) is 2.78. The summed E-state index contributed by atoms with van der Waals surface area (Å²) in [6, 6.07) is 13.6. The first-order valence-electron chi connectivity index (χ1n) is 5.58. The molecule has 1 N–H and O–H groups in total. The molecule has 1 aromatic carbocycles. The first-order chi connectivity index (χ1) is 8.86. The Morgan fingerprint density at radius 3 is 2.67 bits per heavy atom. The maximum absolute atomic E-state index is 8.46. The molecule has 0 bridgehead atoms. The molecule has 0 spiro atoms. The van der Waals surface area contributed by atoms with Crippen LogP contribution in [-0.2, 0) is 0 Å². The molecule has 18 heavy (non-hydrogen) atoms. The van der Waals surface area contributed by atoms with Crippen molar-refractivity contribution in [2.24, 2.45) is 5.16 Å². The van der Waals surface area contributed by atoms with Crippen LogP contribution in [0.15, 0.2) is 60.0 Å². The molecular formula is C14H11N3O. The number of benzene rings is 1. The number of fused-ring (bicyclic) bond motifs is 1. The van der Waals surface area contributed by atoms with Gasteiger partial charge in [0.25, 0.3) is 0 Å². The fraction of sp³-hybridized carbons (Fsp3) is 0. The van der Waals surface area contributed by atoms with Crippen molar-refractivity contribution in [3.63, 3.8) is 0 Å². The quantitative estimate of drug-likeness (QED) is 0.423. The van der Waals surface area contributed by atoms with E-state index in [1.165, 1.54) is 6.21 Å². The molecule has 2 heterocycles. The fourth-order valence-corrected chi connectivity index (χ4v) is 1.88. The smallest absolute Gasteiger partial charge is 0.137 e. The minimum absolute atomic E-state index is 0.852. The molecule has 4 nitrogen and oxygen atoms in total. The molecule has 0 amide bonds. The molecule has 0 saturated carbocycles. The average Bonchev–Trinajstić information content (AvgIpc) is 2.84. The summed E-state index contributed by atoms with van der Waals surface area (Å²) in [5, 5.41) is 11.5. The summed E-state index contributed by atoms with van der Waals surface area (Å²) in [5.41, 5.74) is 3.74. The number of rotatable bonds is 2. The van der Waals surface area contributed by atoms with E-state index in [-0.39, 0.29) is 0 Å². The maximum atomic E-state index is 8.46. The second-order valence-electron chi connectivity index (χ2n) is 3.96.